The number of aryl methyl sites for hydroxylation is 3. The van der Waals surface area contributed by atoms with Crippen LogP contribution in [0, 0.1) is 20.8 Å². The van der Waals surface area contributed by atoms with Crippen molar-refractivity contribution in [1.82, 2.24) is 10.2 Å². The number of nitrogens with zero attached hydrogens (tertiary/aromatic N) is 1. The van der Waals surface area contributed by atoms with Crippen LogP contribution in [0.3, 0.4) is 0 Å². The number of benzene rings is 2. The fourth-order valence-corrected chi connectivity index (χ4v) is 7.65. The lowest BCUT2D eigenvalue weighted by Gasteiger charge is -2.36. The van der Waals surface area contributed by atoms with Gasteiger partial charge in [0.1, 0.15) is 0 Å². The van der Waals surface area contributed by atoms with E-state index in [4.69, 9.17) is 4.74 Å². The smallest absolute Gasteiger partial charge is 0.241 e. The number of nitrogens with one attached hydrogen (secondary N) is 1. The van der Waals surface area contributed by atoms with E-state index in [1.54, 1.807) is 13.0 Å². The summed E-state index contributed by atoms with van der Waals surface area (Å²) in [6.45, 7) is 8.97. The molecule has 0 aromatic heterocycles. The standard InChI is InChI=1S/C27H36N2O4S/c1-20-7-10-23(11-8-20)24(29-14-16-33-17-15-29)19-28-26(30)27(12-4-5-13-27)34(31,32)25-18-21(2)6-9-22(25)3/h6-11,18,24H,4-5,12-17,19H2,1-3H3,(H,28,30). The lowest BCUT2D eigenvalue weighted by Crippen LogP contribution is -2.53. The van der Waals surface area contributed by atoms with Gasteiger partial charge in [0.2, 0.25) is 5.91 Å². The number of hydrogen-bond donors (Lipinski definition) is 1. The third kappa shape index (κ3) is 4.79. The molecule has 0 bridgehead atoms. The molecule has 1 aliphatic carbocycles. The van der Waals surface area contributed by atoms with Crippen molar-refractivity contribution in [2.24, 2.45) is 0 Å². The molecule has 0 radical (unpaired) electrons. The first-order valence-electron chi connectivity index (χ1n) is 12.2. The maximum absolute atomic E-state index is 13.9. The molecule has 2 aromatic carbocycles. The number of amides is 1. The van der Waals surface area contributed by atoms with Crippen molar-refractivity contribution in [1.29, 1.82) is 0 Å². The topological polar surface area (TPSA) is 75.7 Å². The molecular formula is C27H36N2O4S. The molecule has 2 aromatic rings. The highest BCUT2D eigenvalue weighted by Crippen LogP contribution is 2.42. The first kappa shape index (κ1) is 24.9. The number of ether oxygens (including phenoxy) is 1. The first-order chi connectivity index (χ1) is 16.2. The van der Waals surface area contributed by atoms with Crippen molar-refractivity contribution in [2.45, 2.75) is 62.1 Å². The van der Waals surface area contributed by atoms with E-state index in [1.807, 2.05) is 19.1 Å². The largest absolute Gasteiger partial charge is 0.379 e. The molecule has 1 N–H and O–H groups in total. The van der Waals surface area contributed by atoms with Crippen LogP contribution < -0.4 is 5.32 Å². The van der Waals surface area contributed by atoms with Gasteiger partial charge in [-0.25, -0.2) is 8.42 Å². The zero-order chi connectivity index (χ0) is 24.3. The van der Waals surface area contributed by atoms with Crippen molar-refractivity contribution in [3.05, 3.63) is 64.7 Å². The van der Waals surface area contributed by atoms with E-state index in [0.717, 1.165) is 37.1 Å². The third-order valence-electron chi connectivity index (χ3n) is 7.38. The average molecular weight is 485 g/mol. The molecule has 1 saturated heterocycles. The monoisotopic (exact) mass is 484 g/mol. The van der Waals surface area contributed by atoms with Crippen molar-refractivity contribution >= 4 is 15.7 Å². The number of hydrogen-bond acceptors (Lipinski definition) is 5. The van der Waals surface area contributed by atoms with E-state index in [1.165, 1.54) is 5.56 Å². The minimum Gasteiger partial charge on any atom is -0.379 e. The van der Waals surface area contributed by atoms with Gasteiger partial charge in [-0.3, -0.25) is 9.69 Å². The van der Waals surface area contributed by atoms with Crippen LogP contribution in [0.1, 0.15) is 54.0 Å². The summed E-state index contributed by atoms with van der Waals surface area (Å²) in [5.74, 6) is -0.365. The van der Waals surface area contributed by atoms with Crippen LogP contribution in [-0.2, 0) is 19.4 Å². The SMILES string of the molecule is Cc1ccc(C(CNC(=O)C2(S(=O)(=O)c3cc(C)ccc3C)CCCC2)N2CCOCC2)cc1. The molecule has 6 nitrogen and oxygen atoms in total. The molecule has 184 valence electrons. The van der Waals surface area contributed by atoms with E-state index >= 15 is 0 Å². The Bertz CT molecular complexity index is 1120. The number of rotatable bonds is 7. The Morgan fingerprint density at radius 2 is 1.62 bits per heavy atom. The van der Waals surface area contributed by atoms with Crippen molar-refractivity contribution in [3.63, 3.8) is 0 Å². The van der Waals surface area contributed by atoms with Gasteiger partial charge in [-0.1, -0.05) is 54.8 Å². The highest BCUT2D eigenvalue weighted by atomic mass is 32.2. The Balaban J connectivity index is 1.61. The van der Waals surface area contributed by atoms with Crippen LogP contribution >= 0.6 is 0 Å². The van der Waals surface area contributed by atoms with Crippen LogP contribution in [-0.4, -0.2) is 56.8 Å². The lowest BCUT2D eigenvalue weighted by molar-refractivity contribution is -0.123. The van der Waals surface area contributed by atoms with Crippen LogP contribution in [0.25, 0.3) is 0 Å². The number of carbonyl (C=O) groups excluding carboxylic acids is 1. The summed E-state index contributed by atoms with van der Waals surface area (Å²) < 4.78 is 32.0. The van der Waals surface area contributed by atoms with Crippen molar-refractivity contribution in [2.75, 3.05) is 32.8 Å². The Labute approximate surface area is 203 Å². The van der Waals surface area contributed by atoms with Gasteiger partial charge < -0.3 is 10.1 Å². The molecular weight excluding hydrogens is 448 g/mol. The lowest BCUT2D eigenvalue weighted by atomic mass is 10.0. The zero-order valence-electron chi connectivity index (χ0n) is 20.5. The van der Waals surface area contributed by atoms with Gasteiger partial charge in [0, 0.05) is 19.6 Å². The summed E-state index contributed by atoms with van der Waals surface area (Å²) in [4.78, 5) is 16.3. The number of carbonyl (C=O) groups is 1. The van der Waals surface area contributed by atoms with E-state index < -0.39 is 14.6 Å². The van der Waals surface area contributed by atoms with E-state index in [9.17, 15) is 13.2 Å². The fourth-order valence-electron chi connectivity index (χ4n) is 5.26. The minimum atomic E-state index is -3.84. The molecule has 2 fully saturated rings. The highest BCUT2D eigenvalue weighted by Gasteiger charge is 2.53. The van der Waals surface area contributed by atoms with Gasteiger partial charge in [-0.15, -0.1) is 0 Å². The molecule has 2 aliphatic rings. The van der Waals surface area contributed by atoms with Gasteiger partial charge in [-0.05, 0) is 56.4 Å². The molecule has 1 saturated carbocycles. The van der Waals surface area contributed by atoms with Gasteiger partial charge in [0.05, 0.1) is 24.2 Å². The van der Waals surface area contributed by atoms with Crippen molar-refractivity contribution < 1.29 is 17.9 Å². The summed E-state index contributed by atoms with van der Waals surface area (Å²) >= 11 is 0. The molecule has 4 rings (SSSR count). The van der Waals surface area contributed by atoms with Gasteiger partial charge >= 0.3 is 0 Å². The van der Waals surface area contributed by atoms with Gasteiger partial charge in [0.15, 0.2) is 14.6 Å². The molecule has 1 unspecified atom stereocenters. The summed E-state index contributed by atoms with van der Waals surface area (Å²) in [6, 6.07) is 13.8. The average Bonchev–Trinajstić information content (AvgIpc) is 3.34. The summed E-state index contributed by atoms with van der Waals surface area (Å²) in [5.41, 5.74) is 3.86. The van der Waals surface area contributed by atoms with Crippen LogP contribution in [0.5, 0.6) is 0 Å². The predicted octanol–water partition coefficient (Wildman–Crippen LogP) is 3.89. The molecule has 1 amide bonds. The normalized spacial score (nSPS) is 19.6. The van der Waals surface area contributed by atoms with Gasteiger partial charge in [-0.2, -0.15) is 0 Å². The molecule has 1 heterocycles. The second-order valence-corrected chi connectivity index (χ2v) is 12.0. The van der Waals surface area contributed by atoms with E-state index in [0.29, 0.717) is 38.2 Å². The second-order valence-electron chi connectivity index (χ2n) is 9.76. The second kappa shape index (κ2) is 10.2. The molecule has 1 atom stereocenters. The van der Waals surface area contributed by atoms with E-state index in [-0.39, 0.29) is 16.8 Å². The summed E-state index contributed by atoms with van der Waals surface area (Å²) in [5, 5.41) is 3.09. The number of morpholine rings is 1. The Kier molecular flexibility index (Phi) is 7.45. The predicted molar refractivity (Wildman–Crippen MR) is 134 cm³/mol. The van der Waals surface area contributed by atoms with Crippen LogP contribution in [0.15, 0.2) is 47.4 Å². The maximum atomic E-state index is 13.9. The Morgan fingerprint density at radius 1 is 1.00 bits per heavy atom. The fraction of sp³-hybridized carbons (Fsp3) is 0.519. The zero-order valence-corrected chi connectivity index (χ0v) is 21.3. The number of sulfone groups is 1. The molecule has 34 heavy (non-hydrogen) atoms. The Hall–Kier alpha value is -2.22. The van der Waals surface area contributed by atoms with Crippen LogP contribution in [0.2, 0.25) is 0 Å². The van der Waals surface area contributed by atoms with Crippen molar-refractivity contribution in [3.8, 4) is 0 Å². The molecule has 0 spiro atoms. The third-order valence-corrected chi connectivity index (χ3v) is 10.0. The summed E-state index contributed by atoms with van der Waals surface area (Å²) in [7, 11) is -3.84. The maximum Gasteiger partial charge on any atom is 0.241 e. The molecule has 7 heteroatoms. The Morgan fingerprint density at radius 3 is 2.26 bits per heavy atom. The van der Waals surface area contributed by atoms with E-state index in [2.05, 4.69) is 41.4 Å². The molecule has 1 aliphatic heterocycles. The quantitative estimate of drug-likeness (QED) is 0.645. The van der Waals surface area contributed by atoms with Crippen LogP contribution in [0.4, 0.5) is 0 Å². The minimum absolute atomic E-state index is 0.0321. The van der Waals surface area contributed by atoms with Gasteiger partial charge in [0.25, 0.3) is 0 Å². The highest BCUT2D eigenvalue weighted by molar-refractivity contribution is 7.93. The first-order valence-corrected chi connectivity index (χ1v) is 13.7. The summed E-state index contributed by atoms with van der Waals surface area (Å²) in [6.07, 6.45) is 2.20.